The molecule has 2 aromatic heterocycles. The summed E-state index contributed by atoms with van der Waals surface area (Å²) in [6.07, 6.45) is 4.23. The van der Waals surface area contributed by atoms with Gasteiger partial charge in [-0.3, -0.25) is 14.9 Å². The first-order valence-electron chi connectivity index (χ1n) is 8.58. The molecule has 26 heavy (non-hydrogen) atoms. The predicted octanol–water partition coefficient (Wildman–Crippen LogP) is 3.22. The van der Waals surface area contributed by atoms with E-state index in [4.69, 9.17) is 0 Å². The average molecular weight is 350 g/mol. The number of aromatic hydroxyl groups is 1. The fourth-order valence-corrected chi connectivity index (χ4v) is 2.87. The molecule has 0 saturated carbocycles. The van der Waals surface area contributed by atoms with Crippen molar-refractivity contribution in [3.05, 3.63) is 76.9 Å². The fourth-order valence-electron chi connectivity index (χ4n) is 2.87. The van der Waals surface area contributed by atoms with Gasteiger partial charge >= 0.3 is 0 Å². The summed E-state index contributed by atoms with van der Waals surface area (Å²) in [4.78, 5) is 18.9. The van der Waals surface area contributed by atoms with Crippen molar-refractivity contribution in [2.75, 3.05) is 0 Å². The number of nitrogens with zero attached hydrogens (tertiary/aromatic N) is 3. The van der Waals surface area contributed by atoms with Gasteiger partial charge in [-0.05, 0) is 48.7 Å². The van der Waals surface area contributed by atoms with Gasteiger partial charge in [-0.2, -0.15) is 5.10 Å². The molecule has 0 atom stereocenters. The number of aryl methyl sites for hydroxylation is 1. The molecule has 2 heterocycles. The van der Waals surface area contributed by atoms with E-state index in [9.17, 15) is 9.90 Å². The molecule has 1 aromatic carbocycles. The van der Waals surface area contributed by atoms with Gasteiger partial charge in [-0.25, -0.2) is 0 Å². The van der Waals surface area contributed by atoms with Crippen LogP contribution in [-0.4, -0.2) is 31.1 Å². The van der Waals surface area contributed by atoms with Gasteiger partial charge in [0, 0.05) is 36.7 Å². The minimum absolute atomic E-state index is 0.122. The molecular formula is C20H22N4O2. The third-order valence-corrected chi connectivity index (χ3v) is 4.39. The molecule has 0 unspecified atom stereocenters. The number of aromatic amines is 1. The zero-order valence-electron chi connectivity index (χ0n) is 14.9. The Labute approximate surface area is 152 Å². The average Bonchev–Trinajstić information content (AvgIpc) is 3.04. The molecule has 0 spiro atoms. The number of aromatic nitrogens is 3. The minimum Gasteiger partial charge on any atom is -0.508 e. The monoisotopic (exact) mass is 350 g/mol. The van der Waals surface area contributed by atoms with Crippen LogP contribution in [0.3, 0.4) is 0 Å². The van der Waals surface area contributed by atoms with Gasteiger partial charge in [-0.15, -0.1) is 0 Å². The first-order valence-corrected chi connectivity index (χ1v) is 8.58. The van der Waals surface area contributed by atoms with Crippen LogP contribution in [0.15, 0.2) is 48.8 Å². The molecule has 0 bridgehead atoms. The summed E-state index contributed by atoms with van der Waals surface area (Å²) >= 11 is 0. The Hall–Kier alpha value is -3.15. The maximum absolute atomic E-state index is 13.1. The Bertz CT molecular complexity index is 873. The Kier molecular flexibility index (Phi) is 5.31. The molecule has 6 heteroatoms. The van der Waals surface area contributed by atoms with Crippen molar-refractivity contribution < 1.29 is 9.90 Å². The number of H-pyrrole nitrogens is 1. The van der Waals surface area contributed by atoms with Gasteiger partial charge in [-0.1, -0.05) is 19.1 Å². The highest BCUT2D eigenvalue weighted by atomic mass is 16.3. The molecule has 0 aliphatic rings. The third kappa shape index (κ3) is 3.91. The Balaban J connectivity index is 1.89. The smallest absolute Gasteiger partial charge is 0.275 e. The number of pyridine rings is 1. The molecular weight excluding hydrogens is 328 g/mol. The first kappa shape index (κ1) is 17.7. The maximum Gasteiger partial charge on any atom is 0.275 e. The van der Waals surface area contributed by atoms with Crippen molar-refractivity contribution in [1.29, 1.82) is 0 Å². The second kappa shape index (κ2) is 7.82. The van der Waals surface area contributed by atoms with Crippen LogP contribution in [-0.2, 0) is 19.5 Å². The Morgan fingerprint density at radius 3 is 2.27 bits per heavy atom. The lowest BCUT2D eigenvalue weighted by Gasteiger charge is -2.22. The summed E-state index contributed by atoms with van der Waals surface area (Å²) in [6.45, 7) is 4.83. The lowest BCUT2D eigenvalue weighted by molar-refractivity contribution is 0.0723. The number of hydrogen-bond acceptors (Lipinski definition) is 4. The number of phenols is 1. The van der Waals surface area contributed by atoms with E-state index in [2.05, 4.69) is 15.2 Å². The highest BCUT2D eigenvalue weighted by molar-refractivity contribution is 5.93. The fraction of sp³-hybridized carbons (Fsp3) is 0.250. The van der Waals surface area contributed by atoms with Gasteiger partial charge in [0.15, 0.2) is 5.69 Å². The topological polar surface area (TPSA) is 82.1 Å². The molecule has 0 fully saturated rings. The zero-order valence-corrected chi connectivity index (χ0v) is 14.9. The van der Waals surface area contributed by atoms with E-state index < -0.39 is 0 Å². The standard InChI is InChI=1S/C20H22N4O2/c1-3-18-14(2)19(23-22-18)20(26)24(13-16-8-10-21-11-9-16)12-15-4-6-17(25)7-5-15/h4-11,25H,3,12-13H2,1-2H3,(H,22,23). The summed E-state index contributed by atoms with van der Waals surface area (Å²) < 4.78 is 0. The van der Waals surface area contributed by atoms with Crippen LogP contribution in [0.4, 0.5) is 0 Å². The van der Waals surface area contributed by atoms with Crippen LogP contribution in [0.5, 0.6) is 5.75 Å². The SMILES string of the molecule is CCc1[nH]nc(C(=O)N(Cc2ccncc2)Cc2ccc(O)cc2)c1C. The van der Waals surface area contributed by atoms with E-state index in [0.29, 0.717) is 18.8 Å². The second-order valence-corrected chi connectivity index (χ2v) is 6.21. The number of hydrogen-bond donors (Lipinski definition) is 2. The van der Waals surface area contributed by atoms with Crippen molar-refractivity contribution in [2.24, 2.45) is 0 Å². The van der Waals surface area contributed by atoms with Crippen molar-refractivity contribution in [2.45, 2.75) is 33.4 Å². The van der Waals surface area contributed by atoms with Crippen LogP contribution < -0.4 is 0 Å². The van der Waals surface area contributed by atoms with Gasteiger partial charge in [0.25, 0.3) is 5.91 Å². The van der Waals surface area contributed by atoms with Crippen molar-refractivity contribution in [3.63, 3.8) is 0 Å². The molecule has 6 nitrogen and oxygen atoms in total. The number of amides is 1. The lowest BCUT2D eigenvalue weighted by atomic mass is 10.1. The van der Waals surface area contributed by atoms with Crippen LogP contribution in [0, 0.1) is 6.92 Å². The predicted molar refractivity (Wildman–Crippen MR) is 98.6 cm³/mol. The van der Waals surface area contributed by atoms with Crippen LogP contribution in [0.2, 0.25) is 0 Å². The number of nitrogens with one attached hydrogen (secondary N) is 1. The quantitative estimate of drug-likeness (QED) is 0.715. The maximum atomic E-state index is 13.1. The Morgan fingerprint density at radius 1 is 1.08 bits per heavy atom. The van der Waals surface area contributed by atoms with E-state index in [1.54, 1.807) is 29.4 Å². The Morgan fingerprint density at radius 2 is 1.69 bits per heavy atom. The molecule has 0 aliphatic heterocycles. The number of carbonyl (C=O) groups is 1. The van der Waals surface area contributed by atoms with Gasteiger partial charge < -0.3 is 10.0 Å². The van der Waals surface area contributed by atoms with E-state index >= 15 is 0 Å². The van der Waals surface area contributed by atoms with E-state index in [0.717, 1.165) is 28.8 Å². The number of carbonyl (C=O) groups excluding carboxylic acids is 1. The summed E-state index contributed by atoms with van der Waals surface area (Å²) in [7, 11) is 0. The summed E-state index contributed by atoms with van der Waals surface area (Å²) in [6, 6.07) is 10.7. The normalized spacial score (nSPS) is 10.7. The van der Waals surface area contributed by atoms with Gasteiger partial charge in [0.1, 0.15) is 5.75 Å². The van der Waals surface area contributed by atoms with Crippen LogP contribution in [0.25, 0.3) is 0 Å². The van der Waals surface area contributed by atoms with Crippen LogP contribution >= 0.6 is 0 Å². The number of rotatable bonds is 6. The van der Waals surface area contributed by atoms with Crippen molar-refractivity contribution in [1.82, 2.24) is 20.1 Å². The number of phenolic OH excluding ortho intramolecular Hbond substituents is 1. The molecule has 3 rings (SSSR count). The van der Waals surface area contributed by atoms with Gasteiger partial charge in [0.2, 0.25) is 0 Å². The van der Waals surface area contributed by atoms with Gasteiger partial charge in [0.05, 0.1) is 0 Å². The first-order chi connectivity index (χ1) is 12.6. The summed E-state index contributed by atoms with van der Waals surface area (Å²) in [5, 5.41) is 16.7. The lowest BCUT2D eigenvalue weighted by Crippen LogP contribution is -2.31. The molecule has 2 N–H and O–H groups in total. The third-order valence-electron chi connectivity index (χ3n) is 4.39. The second-order valence-electron chi connectivity index (χ2n) is 6.21. The molecule has 0 aliphatic carbocycles. The minimum atomic E-state index is -0.122. The number of benzene rings is 1. The van der Waals surface area contributed by atoms with Crippen LogP contribution in [0.1, 0.15) is 39.8 Å². The summed E-state index contributed by atoms with van der Waals surface area (Å²) in [5.74, 6) is 0.0832. The van der Waals surface area contributed by atoms with Crippen molar-refractivity contribution in [3.8, 4) is 5.75 Å². The molecule has 0 saturated heterocycles. The van der Waals surface area contributed by atoms with E-state index in [-0.39, 0.29) is 11.7 Å². The molecule has 134 valence electrons. The molecule has 1 amide bonds. The van der Waals surface area contributed by atoms with E-state index in [1.807, 2.05) is 38.1 Å². The molecule has 0 radical (unpaired) electrons. The highest BCUT2D eigenvalue weighted by Gasteiger charge is 2.22. The largest absolute Gasteiger partial charge is 0.508 e. The zero-order chi connectivity index (χ0) is 18.5. The van der Waals surface area contributed by atoms with E-state index in [1.165, 1.54) is 0 Å². The van der Waals surface area contributed by atoms with Crippen molar-refractivity contribution >= 4 is 5.91 Å². The summed E-state index contributed by atoms with van der Waals surface area (Å²) in [5.41, 5.74) is 4.25. The highest BCUT2D eigenvalue weighted by Crippen LogP contribution is 2.18. The molecule has 3 aromatic rings.